The monoisotopic (exact) mass is 323 g/mol. The van der Waals surface area contributed by atoms with Gasteiger partial charge in [-0.15, -0.1) is 0 Å². The van der Waals surface area contributed by atoms with E-state index in [1.807, 2.05) is 0 Å². The molecule has 0 radical (unpaired) electrons. The Labute approximate surface area is 109 Å². The molecule has 0 unspecified atom stereocenters. The maximum absolute atomic E-state index is 11.6. The van der Waals surface area contributed by atoms with Gasteiger partial charge in [-0.05, 0) is 41.1 Å². The molecule has 0 atom stereocenters. The molecule has 0 bridgehead atoms. The normalized spacial score (nSPS) is 20.1. The maximum atomic E-state index is 11.6. The summed E-state index contributed by atoms with van der Waals surface area (Å²) in [7, 11) is -3.06. The van der Waals surface area contributed by atoms with Crippen molar-refractivity contribution in [2.75, 3.05) is 17.8 Å². The first-order valence-corrected chi connectivity index (χ1v) is 8.87. The minimum Gasteiger partial charge on any atom is -0.211 e. The number of rotatable bonds is 3. The number of piperidine rings is 1. The molecule has 0 aliphatic carbocycles. The van der Waals surface area contributed by atoms with E-state index in [0.29, 0.717) is 19.0 Å². The van der Waals surface area contributed by atoms with Gasteiger partial charge in [-0.25, -0.2) is 12.7 Å². The van der Waals surface area contributed by atoms with Crippen LogP contribution in [0.2, 0.25) is 0 Å². The molecule has 1 fully saturated rings. The number of halogens is 1. The van der Waals surface area contributed by atoms with Crippen LogP contribution >= 0.6 is 27.3 Å². The molecule has 1 aliphatic rings. The lowest BCUT2D eigenvalue weighted by molar-refractivity contribution is 0.321. The van der Waals surface area contributed by atoms with Crippen LogP contribution in [0.1, 0.15) is 24.3 Å². The molecule has 0 N–H and O–H groups in total. The smallest absolute Gasteiger partial charge is 0.211 e. The summed E-state index contributed by atoms with van der Waals surface area (Å²) in [5, 5.41) is 4.25. The molecule has 16 heavy (non-hydrogen) atoms. The quantitative estimate of drug-likeness (QED) is 0.802. The highest BCUT2D eigenvalue weighted by Crippen LogP contribution is 2.30. The number of hydrogen-bond acceptors (Lipinski definition) is 3. The number of sulfonamides is 1. The number of alkyl halides is 1. The summed E-state index contributed by atoms with van der Waals surface area (Å²) < 4.78 is 24.9. The van der Waals surface area contributed by atoms with E-state index in [4.69, 9.17) is 0 Å². The standard InChI is InChI=1S/C10H14BrNO2S2/c11-8-16(13,14)12-4-1-9(2-5-12)10-3-6-15-7-10/h3,6-7,9H,1-2,4-5,8H2. The van der Waals surface area contributed by atoms with Crippen molar-refractivity contribution < 1.29 is 8.42 Å². The maximum Gasteiger partial charge on any atom is 0.224 e. The highest BCUT2D eigenvalue weighted by atomic mass is 79.9. The van der Waals surface area contributed by atoms with Gasteiger partial charge in [-0.2, -0.15) is 11.3 Å². The molecule has 1 aromatic heterocycles. The van der Waals surface area contributed by atoms with Crippen LogP contribution in [-0.4, -0.2) is 30.5 Å². The van der Waals surface area contributed by atoms with Gasteiger partial charge >= 0.3 is 0 Å². The molecule has 1 aliphatic heterocycles. The third-order valence-corrected chi connectivity index (χ3v) is 6.86. The number of thiophene rings is 1. The highest BCUT2D eigenvalue weighted by molar-refractivity contribution is 9.10. The van der Waals surface area contributed by atoms with Crippen molar-refractivity contribution in [3.05, 3.63) is 22.4 Å². The van der Waals surface area contributed by atoms with Gasteiger partial charge in [0.25, 0.3) is 0 Å². The molecule has 3 nitrogen and oxygen atoms in total. The molecule has 1 saturated heterocycles. The predicted molar refractivity (Wildman–Crippen MR) is 70.6 cm³/mol. The average Bonchev–Trinajstić information content (AvgIpc) is 2.83. The minimum absolute atomic E-state index is 0.0309. The first-order valence-electron chi connectivity index (χ1n) is 5.19. The lowest BCUT2D eigenvalue weighted by atomic mass is 9.92. The highest BCUT2D eigenvalue weighted by Gasteiger charge is 2.27. The lowest BCUT2D eigenvalue weighted by Crippen LogP contribution is -2.38. The van der Waals surface area contributed by atoms with E-state index in [1.165, 1.54) is 5.56 Å². The zero-order chi connectivity index (χ0) is 11.6. The number of nitrogens with zero attached hydrogens (tertiary/aromatic N) is 1. The second-order valence-electron chi connectivity index (χ2n) is 3.95. The van der Waals surface area contributed by atoms with Crippen LogP contribution in [-0.2, 0) is 10.0 Å². The fourth-order valence-electron chi connectivity index (χ4n) is 2.04. The van der Waals surface area contributed by atoms with E-state index in [1.54, 1.807) is 15.6 Å². The van der Waals surface area contributed by atoms with E-state index >= 15 is 0 Å². The molecule has 2 heterocycles. The Bertz CT molecular complexity index is 422. The second-order valence-corrected chi connectivity index (χ2v) is 8.00. The van der Waals surface area contributed by atoms with Crippen molar-refractivity contribution in [1.82, 2.24) is 4.31 Å². The zero-order valence-electron chi connectivity index (χ0n) is 8.80. The van der Waals surface area contributed by atoms with Gasteiger partial charge in [0.2, 0.25) is 10.0 Å². The Morgan fingerprint density at radius 3 is 2.62 bits per heavy atom. The van der Waals surface area contributed by atoms with Crippen LogP contribution in [0.25, 0.3) is 0 Å². The Morgan fingerprint density at radius 2 is 2.12 bits per heavy atom. The molecule has 1 aromatic rings. The summed E-state index contributed by atoms with van der Waals surface area (Å²) in [5.74, 6) is 0.535. The summed E-state index contributed by atoms with van der Waals surface area (Å²) in [6.45, 7) is 1.29. The van der Waals surface area contributed by atoms with Crippen LogP contribution in [0.3, 0.4) is 0 Å². The lowest BCUT2D eigenvalue weighted by Gasteiger charge is -2.30. The number of hydrogen-bond donors (Lipinski definition) is 0. The van der Waals surface area contributed by atoms with Gasteiger partial charge in [-0.1, -0.05) is 15.9 Å². The van der Waals surface area contributed by atoms with Crippen LogP contribution in [0.5, 0.6) is 0 Å². The topological polar surface area (TPSA) is 37.4 Å². The summed E-state index contributed by atoms with van der Waals surface area (Å²) >= 11 is 4.74. The van der Waals surface area contributed by atoms with Crippen LogP contribution in [0, 0.1) is 0 Å². The minimum atomic E-state index is -3.06. The molecule has 2 rings (SSSR count). The van der Waals surface area contributed by atoms with Gasteiger partial charge in [0.1, 0.15) is 4.66 Å². The van der Waals surface area contributed by atoms with E-state index in [9.17, 15) is 8.42 Å². The van der Waals surface area contributed by atoms with Crippen molar-refractivity contribution in [2.45, 2.75) is 18.8 Å². The fourth-order valence-corrected chi connectivity index (χ4v) is 4.56. The first kappa shape index (κ1) is 12.5. The Morgan fingerprint density at radius 1 is 1.44 bits per heavy atom. The van der Waals surface area contributed by atoms with Crippen molar-refractivity contribution in [3.8, 4) is 0 Å². The second kappa shape index (κ2) is 5.16. The SMILES string of the molecule is O=S(=O)(CBr)N1CCC(c2ccsc2)CC1. The van der Waals surface area contributed by atoms with Gasteiger partial charge in [0.15, 0.2) is 0 Å². The summed E-state index contributed by atoms with van der Waals surface area (Å²) in [6.07, 6.45) is 1.87. The van der Waals surface area contributed by atoms with Crippen LogP contribution in [0.4, 0.5) is 0 Å². The van der Waals surface area contributed by atoms with Gasteiger partial charge < -0.3 is 0 Å². The van der Waals surface area contributed by atoms with Crippen LogP contribution < -0.4 is 0 Å². The third kappa shape index (κ3) is 2.67. The van der Waals surface area contributed by atoms with E-state index in [0.717, 1.165) is 12.8 Å². The molecular formula is C10H14BrNO2S2. The Balaban J connectivity index is 1.98. The van der Waals surface area contributed by atoms with Gasteiger partial charge in [0, 0.05) is 13.1 Å². The fraction of sp³-hybridized carbons (Fsp3) is 0.600. The van der Waals surface area contributed by atoms with Crippen molar-refractivity contribution in [2.24, 2.45) is 0 Å². The zero-order valence-corrected chi connectivity index (χ0v) is 12.0. The van der Waals surface area contributed by atoms with Crippen molar-refractivity contribution in [3.63, 3.8) is 0 Å². The third-order valence-electron chi connectivity index (χ3n) is 3.00. The molecule has 0 amide bonds. The molecular weight excluding hydrogens is 310 g/mol. The molecule has 6 heteroatoms. The summed E-state index contributed by atoms with van der Waals surface area (Å²) in [6, 6.07) is 2.14. The average molecular weight is 324 g/mol. The predicted octanol–water partition coefficient (Wildman–Crippen LogP) is 2.61. The van der Waals surface area contributed by atoms with Gasteiger partial charge in [0.05, 0.1) is 0 Å². The van der Waals surface area contributed by atoms with Crippen molar-refractivity contribution >= 4 is 37.3 Å². The van der Waals surface area contributed by atoms with Crippen molar-refractivity contribution in [1.29, 1.82) is 0 Å². The summed E-state index contributed by atoms with van der Waals surface area (Å²) in [4.78, 5) is 0. The van der Waals surface area contributed by atoms with E-state index in [2.05, 4.69) is 32.8 Å². The Hall–Kier alpha value is 0.0900. The molecule has 90 valence electrons. The Kier molecular flexibility index (Phi) is 4.05. The van der Waals surface area contributed by atoms with Crippen LogP contribution in [0.15, 0.2) is 16.8 Å². The van der Waals surface area contributed by atoms with Gasteiger partial charge in [-0.3, -0.25) is 0 Å². The molecule has 0 spiro atoms. The first-order chi connectivity index (χ1) is 7.63. The largest absolute Gasteiger partial charge is 0.224 e. The van der Waals surface area contributed by atoms with E-state index in [-0.39, 0.29) is 4.66 Å². The molecule has 0 saturated carbocycles. The van der Waals surface area contributed by atoms with E-state index < -0.39 is 10.0 Å². The summed E-state index contributed by atoms with van der Waals surface area (Å²) in [5.41, 5.74) is 1.36. The molecule has 0 aromatic carbocycles.